The molecule has 8 atom stereocenters. The molecule has 11 heteroatoms. The molecule has 1 aliphatic heterocycles. The van der Waals surface area contributed by atoms with E-state index in [1.165, 1.54) is 186 Å². The van der Waals surface area contributed by atoms with Gasteiger partial charge in [0, 0.05) is 6.42 Å². The van der Waals surface area contributed by atoms with Crippen LogP contribution in [-0.2, 0) is 23.8 Å². The Morgan fingerprint density at radius 3 is 1.29 bits per heavy atom. The molecule has 1 saturated heterocycles. The van der Waals surface area contributed by atoms with Crippen LogP contribution in [0.15, 0.2) is 60.8 Å². The Hall–Kier alpha value is -2.64. The summed E-state index contributed by atoms with van der Waals surface area (Å²) < 4.78 is 17.7. The van der Waals surface area contributed by atoms with E-state index in [-0.39, 0.29) is 19.4 Å². The lowest BCUT2D eigenvalue weighted by Gasteiger charge is -2.41. The minimum Gasteiger partial charge on any atom is -0.454 e. The lowest BCUT2D eigenvalue weighted by atomic mass is 9.99. The largest absolute Gasteiger partial charge is 0.454 e. The summed E-state index contributed by atoms with van der Waals surface area (Å²) in [6.07, 6.45) is 64.0. The number of carbonyl (C=O) groups excluding carboxylic acids is 2. The number of hydrogen-bond acceptors (Lipinski definition) is 10. The summed E-state index contributed by atoms with van der Waals surface area (Å²) in [6.45, 7) is 5.78. The van der Waals surface area contributed by atoms with Crippen LogP contribution < -0.4 is 5.32 Å². The van der Waals surface area contributed by atoms with E-state index in [4.69, 9.17) is 14.2 Å². The quantitative estimate of drug-likeness (QED) is 0.0195. The third-order valence-corrected chi connectivity index (χ3v) is 16.1. The van der Waals surface area contributed by atoms with Crippen molar-refractivity contribution in [1.82, 2.24) is 5.32 Å². The number of aliphatic hydroxyl groups is 5. The van der Waals surface area contributed by atoms with Gasteiger partial charge in [-0.3, -0.25) is 9.59 Å². The van der Waals surface area contributed by atoms with Crippen LogP contribution in [0.2, 0.25) is 0 Å². The van der Waals surface area contributed by atoms with Gasteiger partial charge in [0.1, 0.15) is 24.4 Å². The summed E-state index contributed by atoms with van der Waals surface area (Å²) in [5, 5.41) is 57.1. The molecule has 0 radical (unpaired) electrons. The zero-order valence-corrected chi connectivity index (χ0v) is 53.1. The van der Waals surface area contributed by atoms with Gasteiger partial charge >= 0.3 is 5.97 Å². The number of hydrogen-bond donors (Lipinski definition) is 6. The van der Waals surface area contributed by atoms with Crippen molar-refractivity contribution in [3.63, 3.8) is 0 Å². The van der Waals surface area contributed by atoms with E-state index in [1.54, 1.807) is 6.08 Å². The second-order valence-electron chi connectivity index (χ2n) is 23.9. The molecule has 0 aromatic carbocycles. The van der Waals surface area contributed by atoms with Crippen molar-refractivity contribution in [2.75, 3.05) is 13.2 Å². The summed E-state index contributed by atoms with van der Waals surface area (Å²) in [5.74, 6) is -1.20. The number of allylic oxidation sites excluding steroid dienone is 9. The number of esters is 1. The summed E-state index contributed by atoms with van der Waals surface area (Å²) in [4.78, 5) is 26.6. The molecule has 478 valence electrons. The van der Waals surface area contributed by atoms with E-state index in [1.807, 2.05) is 6.08 Å². The molecule has 82 heavy (non-hydrogen) atoms. The fourth-order valence-corrected chi connectivity index (χ4v) is 10.7. The van der Waals surface area contributed by atoms with E-state index in [0.29, 0.717) is 12.8 Å². The zero-order chi connectivity index (χ0) is 59.6. The lowest BCUT2D eigenvalue weighted by molar-refractivity contribution is -0.305. The summed E-state index contributed by atoms with van der Waals surface area (Å²) in [5.41, 5.74) is 0. The molecule has 6 N–H and O–H groups in total. The maximum absolute atomic E-state index is 13.5. The molecule has 0 aromatic heterocycles. The molecule has 1 aliphatic rings. The van der Waals surface area contributed by atoms with Gasteiger partial charge in [0.15, 0.2) is 12.4 Å². The molecule has 0 spiro atoms. The first-order valence-electron chi connectivity index (χ1n) is 34.6. The number of aliphatic hydroxyl groups excluding tert-OH is 5. The standard InChI is InChI=1S/C71H129NO10/c1-4-7-10-13-16-19-22-25-27-29-31-32-33-34-35-37-39-41-44-47-50-53-56-59-66(76)82-69-68(78)67(77)65(60-73)81-71(69)80-61-62(63(74)57-54-51-48-45-42-24-21-18-15-12-9-6-3)72-70(79)64(75)58-55-52-49-46-43-40-38-36-30-28-26-23-20-17-14-11-8-5-2/h17,20,25-28,36,38,54,57,62-65,67-69,71,73-75,77-78H,4-16,18-19,21-24,29-35,37,39-53,55-56,58-61H2,1-3H3,(H,72,79)/b20-17-,27-25+,28-26-,38-36-,57-54+. The highest BCUT2D eigenvalue weighted by atomic mass is 16.7. The van der Waals surface area contributed by atoms with Crippen molar-refractivity contribution in [2.45, 2.75) is 365 Å². The van der Waals surface area contributed by atoms with Crippen LogP contribution in [0.5, 0.6) is 0 Å². The number of amides is 1. The summed E-state index contributed by atoms with van der Waals surface area (Å²) >= 11 is 0. The highest BCUT2D eigenvalue weighted by Crippen LogP contribution is 2.26. The lowest BCUT2D eigenvalue weighted by Crippen LogP contribution is -2.61. The smallest absolute Gasteiger partial charge is 0.306 e. The molecule has 0 aliphatic carbocycles. The van der Waals surface area contributed by atoms with Crippen molar-refractivity contribution >= 4 is 11.9 Å². The first-order chi connectivity index (χ1) is 40.2. The van der Waals surface area contributed by atoms with Crippen molar-refractivity contribution in [3.8, 4) is 0 Å². The second-order valence-corrected chi connectivity index (χ2v) is 23.9. The molecule has 0 aromatic rings. The highest BCUT2D eigenvalue weighted by molar-refractivity contribution is 5.80. The van der Waals surface area contributed by atoms with Crippen LogP contribution in [0.25, 0.3) is 0 Å². The minimum absolute atomic E-state index is 0.122. The highest BCUT2D eigenvalue weighted by Gasteiger charge is 2.47. The molecule has 1 amide bonds. The van der Waals surface area contributed by atoms with Crippen LogP contribution in [0.4, 0.5) is 0 Å². The Morgan fingerprint density at radius 1 is 0.476 bits per heavy atom. The fourth-order valence-electron chi connectivity index (χ4n) is 10.7. The van der Waals surface area contributed by atoms with Crippen LogP contribution in [0, 0.1) is 0 Å². The minimum atomic E-state index is -1.62. The van der Waals surface area contributed by atoms with Crippen molar-refractivity contribution in [1.29, 1.82) is 0 Å². The Labute approximate surface area is 503 Å². The Bertz CT molecular complexity index is 1560. The Morgan fingerprint density at radius 2 is 0.841 bits per heavy atom. The molecule has 0 saturated carbocycles. The Balaban J connectivity index is 2.60. The van der Waals surface area contributed by atoms with Gasteiger partial charge in [-0.25, -0.2) is 0 Å². The van der Waals surface area contributed by atoms with E-state index in [0.717, 1.165) is 83.5 Å². The normalized spacial score (nSPS) is 19.0. The molecular formula is C71H129NO10. The molecule has 1 fully saturated rings. The van der Waals surface area contributed by atoms with Gasteiger partial charge < -0.3 is 45.1 Å². The first kappa shape index (κ1) is 77.4. The number of nitrogens with one attached hydrogen (secondary N) is 1. The van der Waals surface area contributed by atoms with Gasteiger partial charge in [0.05, 0.1) is 25.4 Å². The van der Waals surface area contributed by atoms with Crippen LogP contribution >= 0.6 is 0 Å². The maximum atomic E-state index is 13.5. The SMILES string of the molecule is CCCCC/C=C\C/C=C\C/C=C\CCCCCCCC(O)C(=O)NC(COC1OC(CO)C(O)C(O)C1OC(=O)CCCCCCCCCCCCCCC/C=C/CCCCCCCC)C(O)/C=C/CCCCCCCCCCCC. The average molecular weight is 1160 g/mol. The molecule has 11 nitrogen and oxygen atoms in total. The number of carbonyl (C=O) groups is 2. The molecule has 1 heterocycles. The van der Waals surface area contributed by atoms with Gasteiger partial charge in [0.2, 0.25) is 5.91 Å². The van der Waals surface area contributed by atoms with Crippen molar-refractivity contribution in [3.05, 3.63) is 60.8 Å². The summed E-state index contributed by atoms with van der Waals surface area (Å²) in [6, 6.07) is -1.03. The number of unbranched alkanes of at least 4 members (excludes halogenated alkanes) is 37. The van der Waals surface area contributed by atoms with Crippen LogP contribution in [-0.4, -0.2) is 99.6 Å². The third kappa shape index (κ3) is 45.7. The summed E-state index contributed by atoms with van der Waals surface area (Å²) in [7, 11) is 0. The average Bonchev–Trinajstić information content (AvgIpc) is 3.68. The Kier molecular flexibility index (Phi) is 55.4. The van der Waals surface area contributed by atoms with Gasteiger partial charge in [-0.2, -0.15) is 0 Å². The van der Waals surface area contributed by atoms with E-state index in [9.17, 15) is 35.1 Å². The van der Waals surface area contributed by atoms with Gasteiger partial charge in [-0.1, -0.05) is 281 Å². The fraction of sp³-hybridized carbons (Fsp3) is 0.831. The molecule has 1 rings (SSSR count). The van der Waals surface area contributed by atoms with Gasteiger partial charge in [-0.15, -0.1) is 0 Å². The topological polar surface area (TPSA) is 175 Å². The zero-order valence-electron chi connectivity index (χ0n) is 53.1. The predicted octanol–water partition coefficient (Wildman–Crippen LogP) is 17.3. The third-order valence-electron chi connectivity index (χ3n) is 16.1. The van der Waals surface area contributed by atoms with E-state index < -0.39 is 67.4 Å². The van der Waals surface area contributed by atoms with E-state index in [2.05, 4.69) is 74.7 Å². The first-order valence-corrected chi connectivity index (χ1v) is 34.6. The van der Waals surface area contributed by atoms with Crippen molar-refractivity contribution in [2.24, 2.45) is 0 Å². The number of ether oxygens (including phenoxy) is 3. The van der Waals surface area contributed by atoms with Crippen LogP contribution in [0.3, 0.4) is 0 Å². The van der Waals surface area contributed by atoms with Crippen LogP contribution in [0.1, 0.15) is 316 Å². The second kappa shape index (κ2) is 58.7. The number of rotatable bonds is 59. The monoisotopic (exact) mass is 1160 g/mol. The molecule has 0 bridgehead atoms. The van der Waals surface area contributed by atoms with E-state index >= 15 is 0 Å². The molecule has 8 unspecified atom stereocenters. The maximum Gasteiger partial charge on any atom is 0.306 e. The predicted molar refractivity (Wildman–Crippen MR) is 343 cm³/mol. The molecular weight excluding hydrogens is 1030 g/mol. The van der Waals surface area contributed by atoms with Gasteiger partial charge in [0.25, 0.3) is 0 Å². The van der Waals surface area contributed by atoms with Crippen molar-refractivity contribution < 1.29 is 49.3 Å². The van der Waals surface area contributed by atoms with Gasteiger partial charge in [-0.05, 0) is 89.9 Å².